The van der Waals surface area contributed by atoms with Crippen molar-refractivity contribution in [2.75, 3.05) is 13.1 Å². The first-order chi connectivity index (χ1) is 10.5. The average molecular weight is 304 g/mol. The number of halogens is 1. The van der Waals surface area contributed by atoms with Gasteiger partial charge in [0.15, 0.2) is 0 Å². The van der Waals surface area contributed by atoms with Crippen LogP contribution < -0.4 is 0 Å². The van der Waals surface area contributed by atoms with E-state index in [2.05, 4.69) is 4.98 Å². The smallest absolute Gasteiger partial charge is 0.308 e. The van der Waals surface area contributed by atoms with Crippen molar-refractivity contribution in [1.82, 2.24) is 9.88 Å². The van der Waals surface area contributed by atoms with Crippen LogP contribution in [0.1, 0.15) is 18.4 Å². The number of nitrogens with zero attached hydrogens (tertiary/aromatic N) is 1. The standard InChI is InChI=1S/C16H17FN2O3/c17-12-3-4-13-11(8-18-14(13)7-12)6-15(20)19-5-1-2-10(9-19)16(21)22/h3-4,7-8,10,18H,1-2,5-6,9H2,(H,21,22)/t10-/m1/s1. The van der Waals surface area contributed by atoms with Gasteiger partial charge in [0.25, 0.3) is 0 Å². The number of aromatic nitrogens is 1. The van der Waals surface area contributed by atoms with Gasteiger partial charge >= 0.3 is 5.97 Å². The minimum Gasteiger partial charge on any atom is -0.481 e. The summed E-state index contributed by atoms with van der Waals surface area (Å²) in [5.41, 5.74) is 1.46. The van der Waals surface area contributed by atoms with Gasteiger partial charge in [-0.3, -0.25) is 9.59 Å². The molecule has 1 aromatic carbocycles. The van der Waals surface area contributed by atoms with Crippen molar-refractivity contribution in [3.63, 3.8) is 0 Å². The fourth-order valence-corrected chi connectivity index (χ4v) is 2.98. The molecule has 1 aliphatic rings. The van der Waals surface area contributed by atoms with Crippen LogP contribution in [0.4, 0.5) is 4.39 Å². The molecule has 1 fully saturated rings. The zero-order valence-electron chi connectivity index (χ0n) is 12.0. The lowest BCUT2D eigenvalue weighted by Crippen LogP contribution is -2.42. The monoisotopic (exact) mass is 304 g/mol. The Morgan fingerprint density at radius 3 is 3.00 bits per heavy atom. The second-order valence-electron chi connectivity index (χ2n) is 5.70. The molecule has 6 heteroatoms. The third kappa shape index (κ3) is 2.81. The molecule has 22 heavy (non-hydrogen) atoms. The third-order valence-electron chi connectivity index (χ3n) is 4.19. The van der Waals surface area contributed by atoms with Crippen LogP contribution in [0, 0.1) is 11.7 Å². The zero-order chi connectivity index (χ0) is 15.7. The Bertz CT molecular complexity index is 725. The van der Waals surface area contributed by atoms with Crippen molar-refractivity contribution in [3.05, 3.63) is 35.8 Å². The number of hydrogen-bond acceptors (Lipinski definition) is 2. The van der Waals surface area contributed by atoms with E-state index in [1.165, 1.54) is 12.1 Å². The molecule has 116 valence electrons. The number of likely N-dealkylation sites (tertiary alicyclic amines) is 1. The predicted molar refractivity (Wildman–Crippen MR) is 78.9 cm³/mol. The van der Waals surface area contributed by atoms with Crippen molar-refractivity contribution in [3.8, 4) is 0 Å². The van der Waals surface area contributed by atoms with Crippen LogP contribution in [0.5, 0.6) is 0 Å². The van der Waals surface area contributed by atoms with Gasteiger partial charge in [-0.1, -0.05) is 0 Å². The van der Waals surface area contributed by atoms with Crippen LogP contribution in [-0.4, -0.2) is 40.0 Å². The molecule has 1 saturated heterocycles. The van der Waals surface area contributed by atoms with Gasteiger partial charge in [-0.2, -0.15) is 0 Å². The van der Waals surface area contributed by atoms with Crippen LogP contribution in [-0.2, 0) is 16.0 Å². The van der Waals surface area contributed by atoms with Crippen molar-refractivity contribution >= 4 is 22.8 Å². The fourth-order valence-electron chi connectivity index (χ4n) is 2.98. The number of carbonyl (C=O) groups is 2. The van der Waals surface area contributed by atoms with E-state index in [-0.39, 0.29) is 24.7 Å². The predicted octanol–water partition coefficient (Wildman–Crippen LogP) is 2.17. The summed E-state index contributed by atoms with van der Waals surface area (Å²) in [6.07, 6.45) is 3.23. The minimum atomic E-state index is -0.847. The summed E-state index contributed by atoms with van der Waals surface area (Å²) in [7, 11) is 0. The van der Waals surface area contributed by atoms with Gasteiger partial charge < -0.3 is 15.0 Å². The summed E-state index contributed by atoms with van der Waals surface area (Å²) >= 11 is 0. The van der Waals surface area contributed by atoms with E-state index in [4.69, 9.17) is 5.11 Å². The van der Waals surface area contributed by atoms with Crippen LogP contribution >= 0.6 is 0 Å². The molecule has 2 heterocycles. The molecule has 1 atom stereocenters. The number of benzene rings is 1. The Kier molecular flexibility index (Phi) is 3.83. The summed E-state index contributed by atoms with van der Waals surface area (Å²) < 4.78 is 13.2. The first-order valence-electron chi connectivity index (χ1n) is 7.30. The summed E-state index contributed by atoms with van der Waals surface area (Å²) in [6.45, 7) is 0.866. The number of hydrogen-bond donors (Lipinski definition) is 2. The number of amides is 1. The molecule has 1 aromatic heterocycles. The SMILES string of the molecule is O=C(O)[C@@H]1CCCN(C(=O)Cc2c[nH]c3cc(F)ccc23)C1. The Morgan fingerprint density at radius 1 is 1.41 bits per heavy atom. The fraction of sp³-hybridized carbons (Fsp3) is 0.375. The van der Waals surface area contributed by atoms with Crippen molar-refractivity contribution in [2.45, 2.75) is 19.3 Å². The second-order valence-corrected chi connectivity index (χ2v) is 5.70. The lowest BCUT2D eigenvalue weighted by atomic mass is 9.97. The molecule has 2 aromatic rings. The number of aromatic amines is 1. The number of carbonyl (C=O) groups excluding carboxylic acids is 1. The molecule has 1 amide bonds. The van der Waals surface area contributed by atoms with Gasteiger partial charge in [-0.15, -0.1) is 0 Å². The van der Waals surface area contributed by atoms with Crippen molar-refractivity contribution < 1.29 is 19.1 Å². The number of rotatable bonds is 3. The van der Waals surface area contributed by atoms with Crippen molar-refractivity contribution in [1.29, 1.82) is 0 Å². The number of aliphatic carboxylic acids is 1. The van der Waals surface area contributed by atoms with Gasteiger partial charge in [-0.25, -0.2) is 4.39 Å². The van der Waals surface area contributed by atoms with Crippen LogP contribution in [0.3, 0.4) is 0 Å². The number of H-pyrrole nitrogens is 1. The zero-order valence-corrected chi connectivity index (χ0v) is 12.0. The summed E-state index contributed by atoms with van der Waals surface area (Å²) in [5.74, 6) is -1.74. The Labute approximate surface area is 126 Å². The number of piperidine rings is 1. The molecule has 2 N–H and O–H groups in total. The van der Waals surface area contributed by atoms with Crippen LogP contribution in [0.2, 0.25) is 0 Å². The molecule has 5 nitrogen and oxygen atoms in total. The highest BCUT2D eigenvalue weighted by Crippen LogP contribution is 2.22. The van der Waals surface area contributed by atoms with Crippen LogP contribution in [0.15, 0.2) is 24.4 Å². The minimum absolute atomic E-state index is 0.0869. The highest BCUT2D eigenvalue weighted by atomic mass is 19.1. The number of carboxylic acids is 1. The normalized spacial score (nSPS) is 18.6. The second kappa shape index (κ2) is 5.79. The number of nitrogens with one attached hydrogen (secondary N) is 1. The topological polar surface area (TPSA) is 73.4 Å². The van der Waals surface area contributed by atoms with Crippen molar-refractivity contribution in [2.24, 2.45) is 5.92 Å². The Morgan fingerprint density at radius 2 is 2.23 bits per heavy atom. The average Bonchev–Trinajstić information content (AvgIpc) is 2.89. The molecule has 0 saturated carbocycles. The molecule has 0 aliphatic carbocycles. The summed E-state index contributed by atoms with van der Waals surface area (Å²) in [5, 5.41) is 9.90. The maximum Gasteiger partial charge on any atom is 0.308 e. The summed E-state index contributed by atoms with van der Waals surface area (Å²) in [4.78, 5) is 28.0. The highest BCUT2D eigenvalue weighted by molar-refractivity contribution is 5.89. The molecular weight excluding hydrogens is 287 g/mol. The lowest BCUT2D eigenvalue weighted by molar-refractivity contribution is -0.145. The first-order valence-corrected chi connectivity index (χ1v) is 7.30. The van der Waals surface area contributed by atoms with Crippen LogP contribution in [0.25, 0.3) is 10.9 Å². The van der Waals surface area contributed by atoms with Gasteiger partial charge in [0.05, 0.1) is 12.3 Å². The van der Waals surface area contributed by atoms with E-state index in [1.54, 1.807) is 17.2 Å². The Hall–Kier alpha value is -2.37. The maximum absolute atomic E-state index is 13.2. The van der Waals surface area contributed by atoms with E-state index in [9.17, 15) is 14.0 Å². The number of carboxylic acid groups (broad SMARTS) is 1. The van der Waals surface area contributed by atoms with E-state index >= 15 is 0 Å². The highest BCUT2D eigenvalue weighted by Gasteiger charge is 2.28. The molecule has 0 unspecified atom stereocenters. The third-order valence-corrected chi connectivity index (χ3v) is 4.19. The molecule has 0 radical (unpaired) electrons. The lowest BCUT2D eigenvalue weighted by Gasteiger charge is -2.30. The molecule has 1 aliphatic heterocycles. The quantitative estimate of drug-likeness (QED) is 0.912. The Balaban J connectivity index is 1.74. The van der Waals surface area contributed by atoms with Gasteiger partial charge in [0, 0.05) is 30.2 Å². The van der Waals surface area contributed by atoms with E-state index in [0.717, 1.165) is 10.9 Å². The maximum atomic E-state index is 13.2. The largest absolute Gasteiger partial charge is 0.481 e. The van der Waals surface area contributed by atoms with E-state index < -0.39 is 11.9 Å². The van der Waals surface area contributed by atoms with Gasteiger partial charge in [0.2, 0.25) is 5.91 Å². The van der Waals surface area contributed by atoms with E-state index in [0.29, 0.717) is 24.9 Å². The van der Waals surface area contributed by atoms with Gasteiger partial charge in [-0.05, 0) is 36.6 Å². The molecule has 3 rings (SSSR count). The number of fused-ring (bicyclic) bond motifs is 1. The van der Waals surface area contributed by atoms with E-state index in [1.807, 2.05) is 0 Å². The molecule has 0 spiro atoms. The first kappa shape index (κ1) is 14.6. The van der Waals surface area contributed by atoms with Gasteiger partial charge in [0.1, 0.15) is 5.82 Å². The molecular formula is C16H17FN2O3. The summed E-state index contributed by atoms with van der Waals surface area (Å²) in [6, 6.07) is 4.41. The molecule has 0 bridgehead atoms.